The molecule has 92 heavy (non-hydrogen) atoms. The molecule has 0 aromatic heterocycles. The van der Waals surface area contributed by atoms with Crippen molar-refractivity contribution in [3.05, 3.63) is 12.2 Å². The van der Waals surface area contributed by atoms with Crippen molar-refractivity contribution in [3.63, 3.8) is 0 Å². The SMILES string of the molecule is CCCCCCCCC/C=C\CCCCCCCCCC(=O)OCCCCCCCCCCCCCCCCCCCCCCCCCCCCCCCCCCCCCCCC(=O)NC(CO)C(O)CCCCCCCCCCCCCCCCCCCCCC. The maximum atomic E-state index is 12.6. The van der Waals surface area contributed by atoms with Crippen LogP contribution in [0.4, 0.5) is 0 Å². The van der Waals surface area contributed by atoms with Crippen LogP contribution in [0.25, 0.3) is 0 Å². The van der Waals surface area contributed by atoms with Crippen molar-refractivity contribution in [1.29, 1.82) is 0 Å². The highest BCUT2D eigenvalue weighted by Gasteiger charge is 2.20. The van der Waals surface area contributed by atoms with Gasteiger partial charge in [-0.05, 0) is 51.4 Å². The number of allylic oxidation sites excluding steroid dienone is 2. The highest BCUT2D eigenvalue weighted by atomic mass is 16.5. The molecule has 0 aromatic rings. The number of nitrogens with one attached hydrogen (secondary N) is 1. The predicted molar refractivity (Wildman–Crippen MR) is 407 cm³/mol. The molecule has 0 aromatic carbocycles. The van der Waals surface area contributed by atoms with Crippen molar-refractivity contribution >= 4 is 11.9 Å². The summed E-state index contributed by atoms with van der Waals surface area (Å²) in [6.07, 6.45) is 105. The van der Waals surface area contributed by atoms with Crippen LogP contribution in [0.15, 0.2) is 12.2 Å². The molecule has 6 nitrogen and oxygen atoms in total. The zero-order valence-electron chi connectivity index (χ0n) is 63.1. The number of ether oxygens (including phenoxy) is 1. The summed E-state index contributed by atoms with van der Waals surface area (Å²) in [5.74, 6) is -0.00148. The van der Waals surface area contributed by atoms with Crippen LogP contribution in [0, 0.1) is 0 Å². The van der Waals surface area contributed by atoms with Crippen molar-refractivity contribution in [3.8, 4) is 0 Å². The first-order chi connectivity index (χ1) is 45.5. The summed E-state index contributed by atoms with van der Waals surface area (Å²) < 4.78 is 5.52. The van der Waals surface area contributed by atoms with E-state index in [4.69, 9.17) is 4.74 Å². The van der Waals surface area contributed by atoms with Crippen molar-refractivity contribution in [2.45, 2.75) is 514 Å². The first-order valence-electron chi connectivity index (χ1n) is 42.9. The van der Waals surface area contributed by atoms with Crippen molar-refractivity contribution < 1.29 is 24.5 Å². The van der Waals surface area contributed by atoms with E-state index in [1.54, 1.807) is 0 Å². The fourth-order valence-electron chi connectivity index (χ4n) is 14.1. The quantitative estimate of drug-likeness (QED) is 0.0320. The second-order valence-corrected chi connectivity index (χ2v) is 29.9. The third-order valence-electron chi connectivity index (χ3n) is 20.6. The topological polar surface area (TPSA) is 95.9 Å². The van der Waals surface area contributed by atoms with E-state index < -0.39 is 12.1 Å². The molecular weight excluding hydrogens is 1130 g/mol. The number of carbonyl (C=O) groups is 2. The smallest absolute Gasteiger partial charge is 0.305 e. The van der Waals surface area contributed by atoms with Gasteiger partial charge in [0.25, 0.3) is 0 Å². The summed E-state index contributed by atoms with van der Waals surface area (Å²) >= 11 is 0. The lowest BCUT2D eigenvalue weighted by atomic mass is 10.0. The number of hydrogen-bond acceptors (Lipinski definition) is 5. The van der Waals surface area contributed by atoms with Crippen LogP contribution in [-0.4, -0.2) is 47.4 Å². The highest BCUT2D eigenvalue weighted by Crippen LogP contribution is 2.21. The Morgan fingerprint density at radius 1 is 0.293 bits per heavy atom. The molecule has 0 aliphatic carbocycles. The van der Waals surface area contributed by atoms with Gasteiger partial charge in [-0.25, -0.2) is 0 Å². The lowest BCUT2D eigenvalue weighted by Crippen LogP contribution is -2.45. The maximum absolute atomic E-state index is 12.6. The first-order valence-corrected chi connectivity index (χ1v) is 42.9. The van der Waals surface area contributed by atoms with Crippen LogP contribution in [0.5, 0.6) is 0 Å². The summed E-state index contributed by atoms with van der Waals surface area (Å²) in [5.41, 5.74) is 0. The number of carbonyl (C=O) groups excluding carboxylic acids is 2. The largest absolute Gasteiger partial charge is 0.466 e. The molecule has 0 radical (unpaired) electrons. The molecule has 0 rings (SSSR count). The zero-order chi connectivity index (χ0) is 66.3. The first kappa shape index (κ1) is 90.6. The van der Waals surface area contributed by atoms with Gasteiger partial charge < -0.3 is 20.3 Å². The number of hydrogen-bond donors (Lipinski definition) is 3. The minimum atomic E-state index is -0.661. The molecular formula is C86H169NO5. The number of rotatable bonds is 82. The fraction of sp³-hybridized carbons (Fsp3) is 0.953. The molecule has 0 bridgehead atoms. The van der Waals surface area contributed by atoms with Crippen LogP contribution in [0.2, 0.25) is 0 Å². The molecule has 0 saturated carbocycles. The minimum absolute atomic E-state index is 0.0219. The van der Waals surface area contributed by atoms with Gasteiger partial charge in [-0.1, -0.05) is 450 Å². The Morgan fingerprint density at radius 2 is 0.511 bits per heavy atom. The summed E-state index contributed by atoms with van der Waals surface area (Å²) in [6, 6.07) is -0.537. The Labute approximate surface area is 578 Å². The van der Waals surface area contributed by atoms with Gasteiger partial charge in [-0.15, -0.1) is 0 Å². The van der Waals surface area contributed by atoms with Gasteiger partial charge in [-0.2, -0.15) is 0 Å². The third-order valence-corrected chi connectivity index (χ3v) is 20.6. The summed E-state index contributed by atoms with van der Waals surface area (Å²) in [6.45, 7) is 5.01. The monoisotopic (exact) mass is 1300 g/mol. The van der Waals surface area contributed by atoms with Crippen LogP contribution in [0.3, 0.4) is 0 Å². The molecule has 3 N–H and O–H groups in total. The molecule has 2 unspecified atom stereocenters. The number of aliphatic hydroxyl groups is 2. The molecule has 0 aliphatic heterocycles. The number of amides is 1. The van der Waals surface area contributed by atoms with Crippen LogP contribution < -0.4 is 5.32 Å². The number of unbranched alkanes of at least 4 members (excludes halogenated alkanes) is 69. The summed E-state index contributed by atoms with van der Waals surface area (Å²) in [7, 11) is 0. The Hall–Kier alpha value is -1.40. The minimum Gasteiger partial charge on any atom is -0.466 e. The summed E-state index contributed by atoms with van der Waals surface area (Å²) in [4.78, 5) is 24.7. The Morgan fingerprint density at radius 3 is 0.772 bits per heavy atom. The number of aliphatic hydroxyl groups excluding tert-OH is 2. The molecule has 0 fully saturated rings. The van der Waals surface area contributed by atoms with E-state index in [1.165, 1.54) is 430 Å². The molecule has 0 spiro atoms. The lowest BCUT2D eigenvalue weighted by molar-refractivity contribution is -0.143. The van der Waals surface area contributed by atoms with Gasteiger partial charge in [0.1, 0.15) is 0 Å². The van der Waals surface area contributed by atoms with Gasteiger partial charge in [0.2, 0.25) is 5.91 Å². The predicted octanol–water partition coefficient (Wildman–Crippen LogP) is 28.6. The second kappa shape index (κ2) is 82.0. The molecule has 2 atom stereocenters. The average molecular weight is 1300 g/mol. The van der Waals surface area contributed by atoms with E-state index in [9.17, 15) is 19.8 Å². The molecule has 548 valence electrons. The molecule has 0 saturated heterocycles. The number of esters is 1. The van der Waals surface area contributed by atoms with Gasteiger partial charge in [-0.3, -0.25) is 9.59 Å². The van der Waals surface area contributed by atoms with E-state index >= 15 is 0 Å². The van der Waals surface area contributed by atoms with Crippen LogP contribution in [-0.2, 0) is 14.3 Å². The lowest BCUT2D eigenvalue weighted by Gasteiger charge is -2.22. The standard InChI is InChI=1S/C86H169NO5/c1-3-5-7-9-11-13-15-17-19-21-23-43-46-50-54-58-62-66-70-74-78-84(89)83(82-88)87-85(90)79-75-71-67-63-59-55-51-47-44-41-39-37-35-33-31-29-27-25-24-26-28-30-32-34-36-38-40-42-45-49-53-57-61-65-69-73-77-81-92-86(91)80-76-72-68-64-60-56-52-48-22-20-18-16-14-12-10-8-6-4-2/h20,22,83-84,88-89H,3-19,21,23-82H2,1-2H3,(H,87,90)/b22-20-. The van der Waals surface area contributed by atoms with Crippen molar-refractivity contribution in [2.24, 2.45) is 0 Å². The van der Waals surface area contributed by atoms with E-state index in [-0.39, 0.29) is 18.5 Å². The maximum Gasteiger partial charge on any atom is 0.305 e. The van der Waals surface area contributed by atoms with E-state index in [2.05, 4.69) is 31.3 Å². The van der Waals surface area contributed by atoms with Crippen molar-refractivity contribution in [1.82, 2.24) is 5.32 Å². The van der Waals surface area contributed by atoms with E-state index in [0.29, 0.717) is 25.9 Å². The van der Waals surface area contributed by atoms with E-state index in [0.717, 1.165) is 38.5 Å². The van der Waals surface area contributed by atoms with Gasteiger partial charge in [0, 0.05) is 12.8 Å². The molecule has 6 heteroatoms. The molecule has 1 amide bonds. The van der Waals surface area contributed by atoms with Gasteiger partial charge >= 0.3 is 5.97 Å². The van der Waals surface area contributed by atoms with Crippen LogP contribution in [0.1, 0.15) is 502 Å². The summed E-state index contributed by atoms with van der Waals surface area (Å²) in [5, 5.41) is 23.5. The Bertz CT molecular complexity index is 1400. The third kappa shape index (κ3) is 77.6. The second-order valence-electron chi connectivity index (χ2n) is 29.9. The van der Waals surface area contributed by atoms with E-state index in [1.807, 2.05) is 0 Å². The fourth-order valence-corrected chi connectivity index (χ4v) is 14.1. The normalized spacial score (nSPS) is 12.4. The highest BCUT2D eigenvalue weighted by molar-refractivity contribution is 5.76. The molecule has 0 heterocycles. The Balaban J connectivity index is 3.29. The molecule has 0 aliphatic rings. The zero-order valence-corrected chi connectivity index (χ0v) is 63.1. The average Bonchev–Trinajstić information content (AvgIpc) is 3.77. The van der Waals surface area contributed by atoms with Crippen LogP contribution >= 0.6 is 0 Å². The van der Waals surface area contributed by atoms with Crippen molar-refractivity contribution in [2.75, 3.05) is 13.2 Å². The van der Waals surface area contributed by atoms with Gasteiger partial charge in [0.15, 0.2) is 0 Å². The Kier molecular flexibility index (Phi) is 80.8. The van der Waals surface area contributed by atoms with Gasteiger partial charge in [0.05, 0.1) is 25.4 Å².